The molecule has 2 aromatic heterocycles. The monoisotopic (exact) mass is 396 g/mol. The third-order valence-electron chi connectivity index (χ3n) is 4.64. The maximum absolute atomic E-state index is 12.3. The van der Waals surface area contributed by atoms with Gasteiger partial charge in [-0.15, -0.1) is 0 Å². The molecule has 142 valence electrons. The van der Waals surface area contributed by atoms with Gasteiger partial charge in [-0.3, -0.25) is 4.79 Å². The first-order valence-electron chi connectivity index (χ1n) is 8.76. The number of carbonyl (C=O) groups is 1. The fraction of sp³-hybridized carbons (Fsp3) is 0.182. The first-order valence-corrected chi connectivity index (χ1v) is 9.14. The number of halogens is 1. The summed E-state index contributed by atoms with van der Waals surface area (Å²) in [5.41, 5.74) is 3.84. The van der Waals surface area contributed by atoms with E-state index in [1.54, 1.807) is 18.4 Å². The molecule has 2 aromatic carbocycles. The van der Waals surface area contributed by atoms with Crippen LogP contribution >= 0.6 is 11.6 Å². The molecule has 6 heteroatoms. The summed E-state index contributed by atoms with van der Waals surface area (Å²) in [6.07, 6.45) is 1.65. The first kappa shape index (κ1) is 18.3. The highest BCUT2D eigenvalue weighted by Crippen LogP contribution is 2.26. The number of carbonyl (C=O) groups excluding carboxylic acids is 1. The van der Waals surface area contributed by atoms with Gasteiger partial charge in [0.15, 0.2) is 0 Å². The van der Waals surface area contributed by atoms with Crippen LogP contribution in [0.2, 0.25) is 5.02 Å². The maximum Gasteiger partial charge on any atom is 0.336 e. The standard InChI is InChI=1S/C22H17ClO5/c1-12-3-4-16-14(10-26-19(16)5-12)7-21(24)27-11-15-8-22(25)28-20-6-13(2)18(23)9-17(15)20/h3-6,8-10H,7,11H2,1-2H3. The molecular formula is C22H17ClO5. The molecule has 4 rings (SSSR count). The minimum atomic E-state index is -0.503. The summed E-state index contributed by atoms with van der Waals surface area (Å²) in [6.45, 7) is 3.75. The smallest absolute Gasteiger partial charge is 0.336 e. The molecule has 0 spiro atoms. The Morgan fingerprint density at radius 3 is 2.68 bits per heavy atom. The van der Waals surface area contributed by atoms with Crippen LogP contribution in [-0.4, -0.2) is 5.97 Å². The number of hydrogen-bond donors (Lipinski definition) is 0. The van der Waals surface area contributed by atoms with E-state index in [-0.39, 0.29) is 13.0 Å². The lowest BCUT2D eigenvalue weighted by atomic mass is 10.1. The number of benzene rings is 2. The molecule has 0 radical (unpaired) electrons. The number of furan rings is 1. The van der Waals surface area contributed by atoms with Crippen molar-refractivity contribution in [3.63, 3.8) is 0 Å². The summed E-state index contributed by atoms with van der Waals surface area (Å²) < 4.78 is 16.1. The Kier molecular flexibility index (Phi) is 4.69. The van der Waals surface area contributed by atoms with Crippen LogP contribution in [-0.2, 0) is 22.6 Å². The Balaban J connectivity index is 1.55. The van der Waals surface area contributed by atoms with Gasteiger partial charge >= 0.3 is 11.6 Å². The third-order valence-corrected chi connectivity index (χ3v) is 5.05. The molecule has 0 amide bonds. The van der Waals surface area contributed by atoms with Gasteiger partial charge in [0.1, 0.15) is 17.8 Å². The summed E-state index contributed by atoms with van der Waals surface area (Å²) in [6, 6.07) is 10.5. The zero-order chi connectivity index (χ0) is 19.8. The fourth-order valence-electron chi connectivity index (χ4n) is 3.16. The second-order valence-corrected chi connectivity index (χ2v) is 7.19. The van der Waals surface area contributed by atoms with Crippen LogP contribution in [0.3, 0.4) is 0 Å². The van der Waals surface area contributed by atoms with Crippen LogP contribution in [0.15, 0.2) is 56.3 Å². The Hall–Kier alpha value is -3.05. The van der Waals surface area contributed by atoms with Gasteiger partial charge in [0, 0.05) is 33.0 Å². The van der Waals surface area contributed by atoms with E-state index < -0.39 is 11.6 Å². The molecule has 0 bridgehead atoms. The van der Waals surface area contributed by atoms with Crippen molar-refractivity contribution in [2.75, 3.05) is 0 Å². The van der Waals surface area contributed by atoms with Gasteiger partial charge in [0.2, 0.25) is 0 Å². The second-order valence-electron chi connectivity index (χ2n) is 6.79. The van der Waals surface area contributed by atoms with Gasteiger partial charge in [-0.05, 0) is 43.2 Å². The first-order chi connectivity index (χ1) is 13.4. The predicted octanol–water partition coefficient (Wildman–Crippen LogP) is 5.10. The molecule has 0 aliphatic carbocycles. The molecule has 28 heavy (non-hydrogen) atoms. The highest BCUT2D eigenvalue weighted by atomic mass is 35.5. The van der Waals surface area contributed by atoms with Gasteiger partial charge in [-0.1, -0.05) is 23.7 Å². The summed E-state index contributed by atoms with van der Waals surface area (Å²) in [5.74, 6) is -0.414. The van der Waals surface area contributed by atoms with Gasteiger partial charge in [0.25, 0.3) is 0 Å². The molecular weight excluding hydrogens is 380 g/mol. The second kappa shape index (κ2) is 7.17. The normalized spacial score (nSPS) is 11.2. The Morgan fingerprint density at radius 1 is 1.04 bits per heavy atom. The summed E-state index contributed by atoms with van der Waals surface area (Å²) in [5, 5.41) is 2.08. The Bertz CT molecular complexity index is 1270. The van der Waals surface area contributed by atoms with Crippen LogP contribution in [0.4, 0.5) is 0 Å². The molecule has 0 saturated carbocycles. The average molecular weight is 397 g/mol. The van der Waals surface area contributed by atoms with Gasteiger partial charge in [0.05, 0.1) is 12.7 Å². The lowest BCUT2D eigenvalue weighted by molar-refractivity contribution is -0.144. The number of rotatable bonds is 4. The van der Waals surface area contributed by atoms with E-state index in [1.165, 1.54) is 6.07 Å². The highest BCUT2D eigenvalue weighted by Gasteiger charge is 2.14. The molecule has 0 N–H and O–H groups in total. The molecule has 0 fully saturated rings. The van der Waals surface area contributed by atoms with Crippen molar-refractivity contribution in [2.45, 2.75) is 26.9 Å². The van der Waals surface area contributed by atoms with Crippen molar-refractivity contribution >= 4 is 39.5 Å². The average Bonchev–Trinajstić information content (AvgIpc) is 3.03. The van der Waals surface area contributed by atoms with Crippen LogP contribution in [0, 0.1) is 13.8 Å². The lowest BCUT2D eigenvalue weighted by Crippen LogP contribution is -2.09. The van der Waals surface area contributed by atoms with Gasteiger partial charge < -0.3 is 13.6 Å². The molecule has 5 nitrogen and oxygen atoms in total. The van der Waals surface area contributed by atoms with Crippen LogP contribution in [0.5, 0.6) is 0 Å². The number of fused-ring (bicyclic) bond motifs is 2. The third kappa shape index (κ3) is 3.53. The molecule has 0 atom stereocenters. The van der Waals surface area contributed by atoms with Crippen molar-refractivity contribution in [3.8, 4) is 0 Å². The van der Waals surface area contributed by atoms with Crippen molar-refractivity contribution < 1.29 is 18.4 Å². The van der Waals surface area contributed by atoms with Crippen LogP contribution < -0.4 is 5.63 Å². The fourth-order valence-corrected chi connectivity index (χ4v) is 3.32. The quantitative estimate of drug-likeness (QED) is 0.354. The Labute approximate surface area is 165 Å². The van der Waals surface area contributed by atoms with E-state index in [0.717, 1.165) is 27.7 Å². The van der Waals surface area contributed by atoms with E-state index >= 15 is 0 Å². The molecule has 2 heterocycles. The predicted molar refractivity (Wildman–Crippen MR) is 107 cm³/mol. The van der Waals surface area contributed by atoms with Crippen LogP contribution in [0.25, 0.3) is 21.9 Å². The number of ether oxygens (including phenoxy) is 1. The Morgan fingerprint density at radius 2 is 1.86 bits per heavy atom. The number of hydrogen-bond acceptors (Lipinski definition) is 5. The van der Waals surface area contributed by atoms with Crippen molar-refractivity contribution in [1.82, 2.24) is 0 Å². The summed E-state index contributed by atoms with van der Waals surface area (Å²) in [4.78, 5) is 24.2. The zero-order valence-electron chi connectivity index (χ0n) is 15.4. The molecule has 0 aliphatic heterocycles. The van der Waals surface area contributed by atoms with E-state index in [4.69, 9.17) is 25.2 Å². The SMILES string of the molecule is Cc1ccc2c(CC(=O)OCc3cc(=O)oc4cc(C)c(Cl)cc34)coc2c1. The van der Waals surface area contributed by atoms with E-state index in [1.807, 2.05) is 32.0 Å². The molecule has 0 saturated heterocycles. The lowest BCUT2D eigenvalue weighted by Gasteiger charge is -2.08. The minimum Gasteiger partial charge on any atom is -0.464 e. The number of aryl methyl sites for hydroxylation is 2. The molecule has 0 unspecified atom stereocenters. The topological polar surface area (TPSA) is 69.7 Å². The number of esters is 1. The van der Waals surface area contributed by atoms with Gasteiger partial charge in [-0.2, -0.15) is 0 Å². The molecule has 4 aromatic rings. The highest BCUT2D eigenvalue weighted by molar-refractivity contribution is 6.32. The zero-order valence-corrected chi connectivity index (χ0v) is 16.1. The van der Waals surface area contributed by atoms with E-state index in [0.29, 0.717) is 21.6 Å². The maximum atomic E-state index is 12.3. The van der Waals surface area contributed by atoms with E-state index in [9.17, 15) is 9.59 Å². The van der Waals surface area contributed by atoms with Crippen molar-refractivity contribution in [3.05, 3.63) is 80.4 Å². The molecule has 0 aliphatic rings. The largest absolute Gasteiger partial charge is 0.464 e. The van der Waals surface area contributed by atoms with Crippen LogP contribution in [0.1, 0.15) is 22.3 Å². The van der Waals surface area contributed by atoms with E-state index in [2.05, 4.69) is 0 Å². The van der Waals surface area contributed by atoms with Crippen molar-refractivity contribution in [1.29, 1.82) is 0 Å². The summed E-state index contributed by atoms with van der Waals surface area (Å²) in [7, 11) is 0. The summed E-state index contributed by atoms with van der Waals surface area (Å²) >= 11 is 6.19. The minimum absolute atomic E-state index is 0.0464. The van der Waals surface area contributed by atoms with Gasteiger partial charge in [-0.25, -0.2) is 4.79 Å². The van der Waals surface area contributed by atoms with Crippen molar-refractivity contribution in [2.24, 2.45) is 0 Å².